The number of carbonyl (C=O) groups excluding carboxylic acids is 1. The second-order valence-electron chi connectivity index (χ2n) is 4.00. The van der Waals surface area contributed by atoms with Crippen LogP contribution < -0.4 is 0 Å². The van der Waals surface area contributed by atoms with Gasteiger partial charge in [-0.25, -0.2) is 4.79 Å². The molecule has 0 bridgehead atoms. The summed E-state index contributed by atoms with van der Waals surface area (Å²) in [7, 11) is 1.42. The lowest BCUT2D eigenvalue weighted by molar-refractivity contribution is -0.147. The molecule has 0 radical (unpaired) electrons. The van der Waals surface area contributed by atoms with Gasteiger partial charge in [-0.3, -0.25) is 5.01 Å². The van der Waals surface area contributed by atoms with Gasteiger partial charge in [-0.1, -0.05) is 30.3 Å². The summed E-state index contributed by atoms with van der Waals surface area (Å²) >= 11 is 0. The maximum Gasteiger partial charge on any atom is 0.330 e. The molecule has 17 heavy (non-hydrogen) atoms. The van der Waals surface area contributed by atoms with E-state index in [0.717, 1.165) is 18.4 Å². The molecule has 0 fully saturated rings. The Morgan fingerprint density at radius 2 is 2.24 bits per heavy atom. The lowest BCUT2D eigenvalue weighted by atomic mass is 10.1. The molecular weight excluding hydrogens is 216 g/mol. The average molecular weight is 232 g/mol. The van der Waals surface area contributed by atoms with Crippen molar-refractivity contribution in [3.63, 3.8) is 0 Å². The Labute approximate surface area is 101 Å². The van der Waals surface area contributed by atoms with Crippen molar-refractivity contribution in [1.82, 2.24) is 5.01 Å². The van der Waals surface area contributed by atoms with Crippen LogP contribution in [0.2, 0.25) is 0 Å². The zero-order chi connectivity index (χ0) is 12.1. The first-order valence-electron chi connectivity index (χ1n) is 5.72. The van der Waals surface area contributed by atoms with Crippen LogP contribution in [0.3, 0.4) is 0 Å². The molecule has 1 atom stereocenters. The molecule has 1 aliphatic heterocycles. The van der Waals surface area contributed by atoms with Gasteiger partial charge in [0.05, 0.1) is 13.7 Å². The van der Waals surface area contributed by atoms with E-state index in [9.17, 15) is 4.79 Å². The summed E-state index contributed by atoms with van der Waals surface area (Å²) in [5, 5.41) is 6.08. The third-order valence-electron chi connectivity index (χ3n) is 2.82. The number of hydrogen-bond acceptors (Lipinski definition) is 4. The summed E-state index contributed by atoms with van der Waals surface area (Å²) < 4.78 is 4.80. The van der Waals surface area contributed by atoms with Gasteiger partial charge in [0, 0.05) is 6.21 Å². The van der Waals surface area contributed by atoms with Crippen molar-refractivity contribution in [2.45, 2.75) is 25.4 Å². The van der Waals surface area contributed by atoms with Crippen molar-refractivity contribution in [2.75, 3.05) is 7.11 Å². The zero-order valence-corrected chi connectivity index (χ0v) is 9.87. The molecule has 0 N–H and O–H groups in total. The van der Waals surface area contributed by atoms with Gasteiger partial charge < -0.3 is 4.74 Å². The molecule has 1 heterocycles. The van der Waals surface area contributed by atoms with Crippen molar-refractivity contribution < 1.29 is 9.53 Å². The fourth-order valence-corrected chi connectivity index (χ4v) is 1.92. The molecule has 1 aliphatic rings. The number of methoxy groups -OCH3 is 1. The highest BCUT2D eigenvalue weighted by atomic mass is 16.5. The molecule has 2 rings (SSSR count). The highest BCUT2D eigenvalue weighted by molar-refractivity contribution is 5.77. The van der Waals surface area contributed by atoms with E-state index in [1.165, 1.54) is 7.11 Å². The van der Waals surface area contributed by atoms with Crippen LogP contribution in [0.1, 0.15) is 18.4 Å². The predicted octanol–water partition coefficient (Wildman–Crippen LogP) is 1.81. The van der Waals surface area contributed by atoms with Gasteiger partial charge in [-0.2, -0.15) is 5.10 Å². The van der Waals surface area contributed by atoms with Crippen molar-refractivity contribution in [3.8, 4) is 0 Å². The zero-order valence-electron chi connectivity index (χ0n) is 9.87. The van der Waals surface area contributed by atoms with E-state index < -0.39 is 0 Å². The van der Waals surface area contributed by atoms with Crippen LogP contribution >= 0.6 is 0 Å². The van der Waals surface area contributed by atoms with Gasteiger partial charge in [0.2, 0.25) is 0 Å². The monoisotopic (exact) mass is 232 g/mol. The van der Waals surface area contributed by atoms with Crippen LogP contribution in [-0.2, 0) is 16.1 Å². The van der Waals surface area contributed by atoms with Gasteiger partial charge >= 0.3 is 5.97 Å². The Kier molecular flexibility index (Phi) is 3.75. The molecule has 0 aliphatic carbocycles. The summed E-state index contributed by atoms with van der Waals surface area (Å²) in [6.07, 6.45) is 3.44. The fraction of sp³-hybridized carbons (Fsp3) is 0.385. The minimum Gasteiger partial charge on any atom is -0.467 e. The van der Waals surface area contributed by atoms with Crippen LogP contribution in [-0.4, -0.2) is 30.3 Å². The number of ether oxygens (including phenoxy) is 1. The van der Waals surface area contributed by atoms with E-state index in [2.05, 4.69) is 5.10 Å². The Morgan fingerprint density at radius 3 is 2.94 bits per heavy atom. The first-order chi connectivity index (χ1) is 8.31. The molecule has 1 aromatic carbocycles. The Balaban J connectivity index is 2.09. The summed E-state index contributed by atoms with van der Waals surface area (Å²) in [5.41, 5.74) is 1.14. The Hall–Kier alpha value is -1.84. The lowest BCUT2D eigenvalue weighted by Gasteiger charge is -2.29. The molecule has 0 spiro atoms. The van der Waals surface area contributed by atoms with Crippen molar-refractivity contribution in [3.05, 3.63) is 35.9 Å². The van der Waals surface area contributed by atoms with Gasteiger partial charge in [0.1, 0.15) is 6.04 Å². The smallest absolute Gasteiger partial charge is 0.330 e. The van der Waals surface area contributed by atoms with Crippen LogP contribution in [0, 0.1) is 0 Å². The number of nitrogens with zero attached hydrogens (tertiary/aromatic N) is 2. The third kappa shape index (κ3) is 2.84. The molecule has 0 saturated carbocycles. The first-order valence-corrected chi connectivity index (χ1v) is 5.72. The quantitative estimate of drug-likeness (QED) is 0.746. The maximum atomic E-state index is 11.6. The number of esters is 1. The molecule has 1 aromatic rings. The molecule has 4 nitrogen and oxygen atoms in total. The van der Waals surface area contributed by atoms with E-state index in [1.807, 2.05) is 36.5 Å². The van der Waals surface area contributed by atoms with Crippen LogP contribution in [0.5, 0.6) is 0 Å². The number of hydrogen-bond donors (Lipinski definition) is 0. The molecule has 0 amide bonds. The highest BCUT2D eigenvalue weighted by Crippen LogP contribution is 2.17. The average Bonchev–Trinajstić information content (AvgIpc) is 2.40. The molecule has 90 valence electrons. The molecule has 4 heteroatoms. The summed E-state index contributed by atoms with van der Waals surface area (Å²) in [5.74, 6) is -0.210. The molecular formula is C13H16N2O2. The van der Waals surface area contributed by atoms with Crippen molar-refractivity contribution >= 4 is 12.2 Å². The predicted molar refractivity (Wildman–Crippen MR) is 65.5 cm³/mol. The normalized spacial score (nSPS) is 19.1. The highest BCUT2D eigenvalue weighted by Gasteiger charge is 2.27. The van der Waals surface area contributed by atoms with Crippen LogP contribution in [0.4, 0.5) is 0 Å². The fourth-order valence-electron chi connectivity index (χ4n) is 1.92. The van der Waals surface area contributed by atoms with Crippen LogP contribution in [0.25, 0.3) is 0 Å². The standard InChI is InChI=1S/C13H16N2O2/c1-17-13(16)12-8-5-9-14-15(12)10-11-6-3-2-4-7-11/h2-4,6-7,9,12H,5,8,10H2,1H3/t12-/m0/s1. The van der Waals surface area contributed by atoms with Gasteiger partial charge in [0.15, 0.2) is 0 Å². The third-order valence-corrected chi connectivity index (χ3v) is 2.82. The first kappa shape index (κ1) is 11.6. The summed E-state index contributed by atoms with van der Waals surface area (Å²) in [6.45, 7) is 0.636. The number of benzene rings is 1. The van der Waals surface area contributed by atoms with Crippen molar-refractivity contribution in [2.24, 2.45) is 5.10 Å². The number of carbonyl (C=O) groups is 1. The van der Waals surface area contributed by atoms with E-state index in [0.29, 0.717) is 6.54 Å². The minimum absolute atomic E-state index is 0.210. The van der Waals surface area contributed by atoms with Crippen LogP contribution in [0.15, 0.2) is 35.4 Å². The van der Waals surface area contributed by atoms with Gasteiger partial charge in [-0.05, 0) is 18.4 Å². The molecule has 0 aromatic heterocycles. The lowest BCUT2D eigenvalue weighted by Crippen LogP contribution is -2.40. The molecule has 0 saturated heterocycles. The summed E-state index contributed by atoms with van der Waals surface area (Å²) in [6, 6.07) is 9.73. The topological polar surface area (TPSA) is 41.9 Å². The SMILES string of the molecule is COC(=O)[C@@H]1CCC=NN1Cc1ccccc1. The van der Waals surface area contributed by atoms with E-state index >= 15 is 0 Å². The second-order valence-corrected chi connectivity index (χ2v) is 4.00. The van der Waals surface area contributed by atoms with E-state index in [-0.39, 0.29) is 12.0 Å². The largest absolute Gasteiger partial charge is 0.467 e. The number of rotatable bonds is 3. The number of hydrazone groups is 1. The van der Waals surface area contributed by atoms with Crippen molar-refractivity contribution in [1.29, 1.82) is 0 Å². The second kappa shape index (κ2) is 5.48. The Bertz CT molecular complexity index is 403. The van der Waals surface area contributed by atoms with E-state index in [1.54, 1.807) is 5.01 Å². The van der Waals surface area contributed by atoms with E-state index in [4.69, 9.17) is 4.74 Å². The molecule has 0 unspecified atom stereocenters. The Morgan fingerprint density at radius 1 is 1.47 bits per heavy atom. The van der Waals surface area contributed by atoms with Gasteiger partial charge in [0.25, 0.3) is 0 Å². The minimum atomic E-state index is -0.259. The summed E-state index contributed by atoms with van der Waals surface area (Å²) in [4.78, 5) is 11.6. The van der Waals surface area contributed by atoms with Gasteiger partial charge in [-0.15, -0.1) is 0 Å². The maximum absolute atomic E-state index is 11.6.